The second-order valence-electron chi connectivity index (χ2n) is 6.62. The topological polar surface area (TPSA) is 56.7 Å². The summed E-state index contributed by atoms with van der Waals surface area (Å²) in [6.07, 6.45) is 2.92. The Bertz CT molecular complexity index is 581. The van der Waals surface area contributed by atoms with Gasteiger partial charge in [-0.3, -0.25) is 9.79 Å². The van der Waals surface area contributed by atoms with Crippen molar-refractivity contribution in [2.24, 2.45) is 10.9 Å². The first-order chi connectivity index (χ1) is 11.2. The van der Waals surface area contributed by atoms with Crippen LogP contribution in [0, 0.1) is 5.92 Å². The van der Waals surface area contributed by atoms with Gasteiger partial charge in [0.05, 0.1) is 0 Å². The lowest BCUT2D eigenvalue weighted by Gasteiger charge is -2.16. The van der Waals surface area contributed by atoms with Gasteiger partial charge in [0, 0.05) is 39.1 Å². The zero-order valence-electron chi connectivity index (χ0n) is 14.0. The van der Waals surface area contributed by atoms with E-state index in [9.17, 15) is 4.79 Å². The van der Waals surface area contributed by atoms with Gasteiger partial charge in [-0.2, -0.15) is 0 Å². The number of hydrogen-bond acceptors (Lipinski definition) is 2. The summed E-state index contributed by atoms with van der Waals surface area (Å²) in [5.74, 6) is 1.90. The van der Waals surface area contributed by atoms with Crippen molar-refractivity contribution < 1.29 is 4.79 Å². The van der Waals surface area contributed by atoms with Gasteiger partial charge in [0.2, 0.25) is 5.91 Å². The Morgan fingerprint density at radius 2 is 2.00 bits per heavy atom. The summed E-state index contributed by atoms with van der Waals surface area (Å²) < 4.78 is 0. The van der Waals surface area contributed by atoms with Crippen molar-refractivity contribution in [3.05, 3.63) is 35.4 Å². The summed E-state index contributed by atoms with van der Waals surface area (Å²) >= 11 is 0. The normalized spacial score (nSPS) is 24.0. The lowest BCUT2D eigenvalue weighted by molar-refractivity contribution is -0.128. The van der Waals surface area contributed by atoms with Crippen molar-refractivity contribution in [2.75, 3.05) is 13.6 Å². The molecule has 1 saturated carbocycles. The van der Waals surface area contributed by atoms with Gasteiger partial charge in [0.15, 0.2) is 5.96 Å². The van der Waals surface area contributed by atoms with Gasteiger partial charge in [0.1, 0.15) is 0 Å². The molecule has 0 bridgehead atoms. The molecule has 0 aromatic heterocycles. The predicted molar refractivity (Wildman–Crippen MR) is 92.0 cm³/mol. The fraction of sp³-hybridized carbons (Fsp3) is 0.556. The zero-order chi connectivity index (χ0) is 16.2. The molecular formula is C18H26N4O. The van der Waals surface area contributed by atoms with Crippen LogP contribution in [0.25, 0.3) is 0 Å². The largest absolute Gasteiger partial charge is 0.353 e. The van der Waals surface area contributed by atoms with Crippen LogP contribution in [-0.4, -0.2) is 36.4 Å². The van der Waals surface area contributed by atoms with E-state index in [-0.39, 0.29) is 5.91 Å². The van der Waals surface area contributed by atoms with Gasteiger partial charge in [0.25, 0.3) is 0 Å². The van der Waals surface area contributed by atoms with E-state index in [2.05, 4.69) is 46.8 Å². The number of hydrogen-bond donors (Lipinski definition) is 2. The van der Waals surface area contributed by atoms with E-state index in [1.807, 2.05) is 4.90 Å². The van der Waals surface area contributed by atoms with Crippen LogP contribution in [0.4, 0.5) is 0 Å². The number of nitrogens with zero attached hydrogens (tertiary/aromatic N) is 2. The molecule has 0 spiro atoms. The van der Waals surface area contributed by atoms with E-state index in [1.54, 1.807) is 7.05 Å². The Morgan fingerprint density at radius 3 is 2.57 bits per heavy atom. The third-order valence-corrected chi connectivity index (χ3v) is 4.68. The number of amides is 1. The van der Waals surface area contributed by atoms with Crippen LogP contribution >= 0.6 is 0 Å². The van der Waals surface area contributed by atoms with Crippen molar-refractivity contribution in [3.63, 3.8) is 0 Å². The lowest BCUT2D eigenvalue weighted by Crippen LogP contribution is -2.38. The fourth-order valence-corrected chi connectivity index (χ4v) is 2.93. The fourth-order valence-electron chi connectivity index (χ4n) is 2.93. The first-order valence-electron chi connectivity index (χ1n) is 8.48. The molecule has 1 aliphatic carbocycles. The number of guanidine groups is 1. The second kappa shape index (κ2) is 7.02. The molecule has 5 nitrogen and oxygen atoms in total. The van der Waals surface area contributed by atoms with Crippen LogP contribution in [0.1, 0.15) is 37.3 Å². The minimum Gasteiger partial charge on any atom is -0.353 e. The summed E-state index contributed by atoms with van der Waals surface area (Å²) in [5.41, 5.74) is 2.41. The van der Waals surface area contributed by atoms with Gasteiger partial charge in [-0.25, -0.2) is 0 Å². The number of carbonyl (C=O) groups is 1. The van der Waals surface area contributed by atoms with Crippen LogP contribution in [0.3, 0.4) is 0 Å². The van der Waals surface area contributed by atoms with E-state index in [1.165, 1.54) is 17.5 Å². The summed E-state index contributed by atoms with van der Waals surface area (Å²) in [5, 5.41) is 6.77. The van der Waals surface area contributed by atoms with E-state index in [4.69, 9.17) is 0 Å². The summed E-state index contributed by atoms with van der Waals surface area (Å²) in [6, 6.07) is 9.04. The van der Waals surface area contributed by atoms with Gasteiger partial charge < -0.3 is 15.5 Å². The highest BCUT2D eigenvalue weighted by Crippen LogP contribution is 2.28. The van der Waals surface area contributed by atoms with E-state index in [0.717, 1.165) is 37.9 Å². The van der Waals surface area contributed by atoms with Crippen LogP contribution < -0.4 is 10.6 Å². The van der Waals surface area contributed by atoms with Crippen molar-refractivity contribution in [2.45, 2.75) is 45.3 Å². The molecule has 1 heterocycles. The molecule has 1 aromatic carbocycles. The zero-order valence-corrected chi connectivity index (χ0v) is 14.0. The molecule has 3 rings (SSSR count). The Hall–Kier alpha value is -2.04. The summed E-state index contributed by atoms with van der Waals surface area (Å²) in [6.45, 7) is 4.62. The number of benzene rings is 1. The molecule has 2 atom stereocenters. The molecule has 2 unspecified atom stereocenters. The number of aliphatic imine (C=N–C) groups is 1. The minimum absolute atomic E-state index is 0.278. The maximum Gasteiger partial charge on any atom is 0.222 e. The van der Waals surface area contributed by atoms with Crippen LogP contribution in [0.15, 0.2) is 29.3 Å². The van der Waals surface area contributed by atoms with Crippen LogP contribution in [-0.2, 0) is 17.9 Å². The quantitative estimate of drug-likeness (QED) is 0.644. The SMILES string of the molecule is CN=C(NCc1ccc(CN2CCCC2=O)cc1)NC1CC1C. The monoisotopic (exact) mass is 314 g/mol. The van der Waals surface area contributed by atoms with E-state index < -0.39 is 0 Å². The predicted octanol–water partition coefficient (Wildman–Crippen LogP) is 1.88. The molecular weight excluding hydrogens is 288 g/mol. The third kappa shape index (κ3) is 4.24. The van der Waals surface area contributed by atoms with Crippen LogP contribution in [0.2, 0.25) is 0 Å². The standard InChI is InChI=1S/C18H26N4O/c1-13-10-16(13)21-18(19-2)20-11-14-5-7-15(8-6-14)12-22-9-3-4-17(22)23/h5-8,13,16H,3-4,9-12H2,1-2H3,(H2,19,20,21). The molecule has 1 aliphatic heterocycles. The summed E-state index contributed by atoms with van der Waals surface area (Å²) in [7, 11) is 1.80. The first-order valence-corrected chi connectivity index (χ1v) is 8.48. The van der Waals surface area contributed by atoms with Crippen molar-refractivity contribution in [3.8, 4) is 0 Å². The van der Waals surface area contributed by atoms with Crippen molar-refractivity contribution in [1.82, 2.24) is 15.5 Å². The maximum absolute atomic E-state index is 11.7. The molecule has 2 N–H and O–H groups in total. The van der Waals surface area contributed by atoms with Crippen molar-refractivity contribution >= 4 is 11.9 Å². The van der Waals surface area contributed by atoms with Crippen molar-refractivity contribution in [1.29, 1.82) is 0 Å². The minimum atomic E-state index is 0.278. The highest BCUT2D eigenvalue weighted by atomic mass is 16.2. The molecule has 5 heteroatoms. The number of nitrogens with one attached hydrogen (secondary N) is 2. The van der Waals surface area contributed by atoms with Gasteiger partial charge in [-0.05, 0) is 29.9 Å². The van der Waals surface area contributed by atoms with E-state index >= 15 is 0 Å². The number of rotatable bonds is 5. The number of carbonyl (C=O) groups excluding carboxylic acids is 1. The number of likely N-dealkylation sites (tertiary alicyclic amines) is 1. The molecule has 1 amide bonds. The average molecular weight is 314 g/mol. The van der Waals surface area contributed by atoms with E-state index in [0.29, 0.717) is 12.5 Å². The molecule has 1 saturated heterocycles. The Morgan fingerprint density at radius 1 is 1.30 bits per heavy atom. The summed E-state index contributed by atoms with van der Waals surface area (Å²) in [4.78, 5) is 17.9. The average Bonchev–Trinajstić information content (AvgIpc) is 3.11. The smallest absolute Gasteiger partial charge is 0.222 e. The molecule has 1 aromatic rings. The third-order valence-electron chi connectivity index (χ3n) is 4.68. The van der Waals surface area contributed by atoms with Gasteiger partial charge in [-0.15, -0.1) is 0 Å². The van der Waals surface area contributed by atoms with Gasteiger partial charge in [-0.1, -0.05) is 31.2 Å². The van der Waals surface area contributed by atoms with Gasteiger partial charge >= 0.3 is 0 Å². The molecule has 2 aliphatic rings. The molecule has 23 heavy (non-hydrogen) atoms. The Kier molecular flexibility index (Phi) is 4.84. The molecule has 2 fully saturated rings. The Balaban J connectivity index is 1.48. The first kappa shape index (κ1) is 15.8. The van der Waals surface area contributed by atoms with Crippen LogP contribution in [0.5, 0.6) is 0 Å². The highest BCUT2D eigenvalue weighted by molar-refractivity contribution is 5.80. The lowest BCUT2D eigenvalue weighted by atomic mass is 10.1. The second-order valence-corrected chi connectivity index (χ2v) is 6.62. The molecule has 124 valence electrons. The maximum atomic E-state index is 11.7. The Labute approximate surface area is 138 Å². The molecule has 0 radical (unpaired) electrons. The highest BCUT2D eigenvalue weighted by Gasteiger charge is 2.33.